The predicted octanol–water partition coefficient (Wildman–Crippen LogP) is 0.766. The van der Waals surface area contributed by atoms with Crippen molar-refractivity contribution in [1.82, 2.24) is 4.90 Å². The highest BCUT2D eigenvalue weighted by Crippen LogP contribution is 2.37. The number of carbonyl (C=O) groups excluding carboxylic acids is 2. The standard InChI is InChI=1S/C14H13F3N2O5S/c1-25(23,24)8-2-3-10(9(6-8)14(15,16)17)18-11-7-12(21)19(4-5-20)13(11)22/h2-3,6-7,18,20H,4-5H2,1H3. The lowest BCUT2D eigenvalue weighted by Gasteiger charge is -2.17. The van der Waals surface area contributed by atoms with Crippen LogP contribution in [0, 0.1) is 0 Å². The molecule has 0 unspecified atom stereocenters. The van der Waals surface area contributed by atoms with E-state index in [9.17, 15) is 31.2 Å². The van der Waals surface area contributed by atoms with E-state index in [1.54, 1.807) is 0 Å². The Morgan fingerprint density at radius 3 is 2.40 bits per heavy atom. The van der Waals surface area contributed by atoms with Crippen LogP contribution in [0.2, 0.25) is 0 Å². The van der Waals surface area contributed by atoms with Crippen LogP contribution in [-0.4, -0.2) is 49.6 Å². The molecule has 2 rings (SSSR count). The average Bonchev–Trinajstić information content (AvgIpc) is 2.73. The van der Waals surface area contributed by atoms with Crippen molar-refractivity contribution >= 4 is 27.3 Å². The number of imide groups is 1. The molecule has 25 heavy (non-hydrogen) atoms. The molecule has 1 heterocycles. The molecule has 0 fully saturated rings. The highest BCUT2D eigenvalue weighted by molar-refractivity contribution is 7.90. The van der Waals surface area contributed by atoms with Gasteiger partial charge < -0.3 is 10.4 Å². The molecule has 1 aliphatic rings. The Morgan fingerprint density at radius 1 is 1.24 bits per heavy atom. The van der Waals surface area contributed by atoms with Crippen LogP contribution in [0.4, 0.5) is 18.9 Å². The second-order valence-electron chi connectivity index (χ2n) is 5.18. The third kappa shape index (κ3) is 3.99. The number of aliphatic hydroxyl groups is 1. The van der Waals surface area contributed by atoms with E-state index < -0.39 is 56.3 Å². The largest absolute Gasteiger partial charge is 0.418 e. The van der Waals surface area contributed by atoms with Crippen molar-refractivity contribution in [2.24, 2.45) is 0 Å². The van der Waals surface area contributed by atoms with Crippen molar-refractivity contribution in [1.29, 1.82) is 0 Å². The van der Waals surface area contributed by atoms with Crippen LogP contribution in [0.5, 0.6) is 0 Å². The normalized spacial score (nSPS) is 15.6. The van der Waals surface area contributed by atoms with Crippen molar-refractivity contribution in [3.05, 3.63) is 35.5 Å². The molecule has 0 saturated heterocycles. The molecule has 0 aliphatic carbocycles. The second-order valence-corrected chi connectivity index (χ2v) is 7.19. The summed E-state index contributed by atoms with van der Waals surface area (Å²) in [5.74, 6) is -1.66. The topological polar surface area (TPSA) is 104 Å². The van der Waals surface area contributed by atoms with E-state index in [0.717, 1.165) is 24.5 Å². The fourth-order valence-electron chi connectivity index (χ4n) is 2.15. The number of alkyl halides is 3. The lowest BCUT2D eigenvalue weighted by atomic mass is 10.1. The highest BCUT2D eigenvalue weighted by Gasteiger charge is 2.37. The van der Waals surface area contributed by atoms with Crippen LogP contribution in [0.3, 0.4) is 0 Å². The Hall–Kier alpha value is -2.40. The zero-order chi connectivity index (χ0) is 19.0. The monoisotopic (exact) mass is 378 g/mol. The van der Waals surface area contributed by atoms with Crippen LogP contribution < -0.4 is 5.32 Å². The summed E-state index contributed by atoms with van der Waals surface area (Å²) in [4.78, 5) is 23.7. The molecule has 0 radical (unpaired) electrons. The van der Waals surface area contributed by atoms with Crippen molar-refractivity contribution in [2.45, 2.75) is 11.1 Å². The summed E-state index contributed by atoms with van der Waals surface area (Å²) < 4.78 is 62.5. The number of amides is 2. The Labute approximate surface area is 140 Å². The molecule has 136 valence electrons. The Balaban J connectivity index is 2.42. The van der Waals surface area contributed by atoms with Gasteiger partial charge in [0.25, 0.3) is 11.8 Å². The number of rotatable bonds is 5. The molecule has 1 aliphatic heterocycles. The number of nitrogens with zero attached hydrogens (tertiary/aromatic N) is 1. The van der Waals surface area contributed by atoms with Gasteiger partial charge >= 0.3 is 6.18 Å². The molecule has 0 bridgehead atoms. The number of benzene rings is 1. The lowest BCUT2D eigenvalue weighted by Crippen LogP contribution is -2.34. The number of anilines is 1. The first-order valence-corrected chi connectivity index (χ1v) is 8.71. The number of carbonyl (C=O) groups is 2. The minimum Gasteiger partial charge on any atom is -0.395 e. The fourth-order valence-corrected chi connectivity index (χ4v) is 2.80. The maximum absolute atomic E-state index is 13.2. The lowest BCUT2D eigenvalue weighted by molar-refractivity contribution is -0.139. The average molecular weight is 378 g/mol. The Kier molecular flexibility index (Phi) is 4.91. The summed E-state index contributed by atoms with van der Waals surface area (Å²) in [6.07, 6.45) is -3.31. The van der Waals surface area contributed by atoms with Crippen LogP contribution in [0.15, 0.2) is 34.9 Å². The van der Waals surface area contributed by atoms with Gasteiger partial charge in [-0.15, -0.1) is 0 Å². The van der Waals surface area contributed by atoms with E-state index in [4.69, 9.17) is 5.11 Å². The van der Waals surface area contributed by atoms with Crippen molar-refractivity contribution < 1.29 is 36.3 Å². The Bertz CT molecular complexity index is 862. The first-order valence-electron chi connectivity index (χ1n) is 6.82. The van der Waals surface area contributed by atoms with Gasteiger partial charge in [0, 0.05) is 12.3 Å². The molecule has 0 saturated carbocycles. The summed E-state index contributed by atoms with van der Waals surface area (Å²) in [5, 5.41) is 11.0. The summed E-state index contributed by atoms with van der Waals surface area (Å²) in [6, 6.07) is 2.28. The van der Waals surface area contributed by atoms with Gasteiger partial charge in [-0.25, -0.2) is 8.42 Å². The van der Waals surface area contributed by atoms with Crippen molar-refractivity contribution in [3.8, 4) is 0 Å². The van der Waals surface area contributed by atoms with Gasteiger partial charge in [-0.1, -0.05) is 0 Å². The third-order valence-electron chi connectivity index (χ3n) is 3.33. The first kappa shape index (κ1) is 18.9. The first-order chi connectivity index (χ1) is 11.4. The summed E-state index contributed by atoms with van der Waals surface area (Å²) in [7, 11) is -3.86. The van der Waals surface area contributed by atoms with Gasteiger partial charge in [-0.2, -0.15) is 13.2 Å². The van der Waals surface area contributed by atoms with Crippen LogP contribution in [0.1, 0.15) is 5.56 Å². The minimum atomic E-state index is -4.89. The number of β-amino-alcohol motifs (C(OH)–C–C–N with tert-alkyl or cyclic N) is 1. The molecule has 11 heteroatoms. The molecule has 0 atom stereocenters. The van der Waals surface area contributed by atoms with Crippen LogP contribution >= 0.6 is 0 Å². The number of hydrogen-bond donors (Lipinski definition) is 2. The zero-order valence-corrected chi connectivity index (χ0v) is 13.6. The summed E-state index contributed by atoms with van der Waals surface area (Å²) in [5.41, 5.74) is -2.27. The smallest absolute Gasteiger partial charge is 0.395 e. The molecule has 7 nitrogen and oxygen atoms in total. The van der Waals surface area contributed by atoms with Crippen molar-refractivity contribution in [3.63, 3.8) is 0 Å². The molecule has 0 aromatic heterocycles. The molecule has 2 amide bonds. The SMILES string of the molecule is CS(=O)(=O)c1ccc(NC2=CC(=O)N(CCO)C2=O)c(C(F)(F)F)c1. The van der Waals surface area contributed by atoms with E-state index in [1.807, 2.05) is 0 Å². The minimum absolute atomic E-state index is 0.293. The second kappa shape index (κ2) is 6.48. The predicted molar refractivity (Wildman–Crippen MR) is 80.1 cm³/mol. The van der Waals surface area contributed by atoms with Crippen molar-refractivity contribution in [2.75, 3.05) is 24.7 Å². The molecule has 0 spiro atoms. The summed E-state index contributed by atoms with van der Waals surface area (Å²) in [6.45, 7) is -0.784. The zero-order valence-electron chi connectivity index (χ0n) is 12.8. The number of hydrogen-bond acceptors (Lipinski definition) is 6. The molecule has 1 aromatic rings. The van der Waals surface area contributed by atoms with E-state index in [0.29, 0.717) is 11.0 Å². The quantitative estimate of drug-likeness (QED) is 0.734. The number of nitrogens with one attached hydrogen (secondary N) is 1. The van der Waals surface area contributed by atoms with Gasteiger partial charge in [0.1, 0.15) is 5.70 Å². The molecule has 1 aromatic carbocycles. The number of halogens is 3. The number of sulfone groups is 1. The van der Waals surface area contributed by atoms with Gasteiger partial charge in [0.05, 0.1) is 29.3 Å². The molecular formula is C14H13F3N2O5S. The van der Waals surface area contributed by atoms with E-state index in [-0.39, 0.29) is 6.54 Å². The highest BCUT2D eigenvalue weighted by atomic mass is 32.2. The Morgan fingerprint density at radius 2 is 1.88 bits per heavy atom. The van der Waals surface area contributed by atoms with Crippen LogP contribution in [-0.2, 0) is 25.6 Å². The van der Waals surface area contributed by atoms with E-state index in [1.165, 1.54) is 0 Å². The van der Waals surface area contributed by atoms with Crippen LogP contribution in [0.25, 0.3) is 0 Å². The maximum atomic E-state index is 13.2. The molecule has 2 N–H and O–H groups in total. The summed E-state index contributed by atoms with van der Waals surface area (Å²) >= 11 is 0. The number of aliphatic hydroxyl groups excluding tert-OH is 1. The van der Waals surface area contributed by atoms with E-state index >= 15 is 0 Å². The van der Waals surface area contributed by atoms with Gasteiger partial charge in [0.2, 0.25) is 0 Å². The van der Waals surface area contributed by atoms with Gasteiger partial charge in [-0.05, 0) is 18.2 Å². The third-order valence-corrected chi connectivity index (χ3v) is 4.44. The van der Waals surface area contributed by atoms with E-state index in [2.05, 4.69) is 5.32 Å². The maximum Gasteiger partial charge on any atom is 0.418 e. The van der Waals surface area contributed by atoms with Gasteiger partial charge in [0.15, 0.2) is 9.84 Å². The molecular weight excluding hydrogens is 365 g/mol. The van der Waals surface area contributed by atoms with Gasteiger partial charge in [-0.3, -0.25) is 14.5 Å². The fraction of sp³-hybridized carbons (Fsp3) is 0.286.